The van der Waals surface area contributed by atoms with Crippen molar-refractivity contribution in [3.8, 4) is 0 Å². The zero-order chi connectivity index (χ0) is 14.7. The van der Waals surface area contributed by atoms with E-state index in [1.807, 2.05) is 38.2 Å². The first-order valence-electron chi connectivity index (χ1n) is 6.31. The number of aryl methyl sites for hydroxylation is 1. The van der Waals surface area contributed by atoms with E-state index in [1.54, 1.807) is 6.20 Å². The molecule has 0 saturated carbocycles. The lowest BCUT2D eigenvalue weighted by Crippen LogP contribution is -2.24. The maximum Gasteiger partial charge on any atom is 0.239 e. The zero-order valence-electron chi connectivity index (χ0n) is 11.8. The normalized spacial score (nSPS) is 12.1. The highest BCUT2D eigenvalue weighted by Gasteiger charge is 2.16. The Morgan fingerprint density at radius 2 is 1.95 bits per heavy atom. The molecule has 3 N–H and O–H groups in total. The SMILES string of the molecule is Cc1cnc(NN)nc1N(C)C(C)c1ccc(Cl)cc1. The van der Waals surface area contributed by atoms with Gasteiger partial charge in [-0.05, 0) is 31.5 Å². The maximum absolute atomic E-state index is 5.92. The topological polar surface area (TPSA) is 67.1 Å². The zero-order valence-corrected chi connectivity index (χ0v) is 12.5. The summed E-state index contributed by atoms with van der Waals surface area (Å²) in [6, 6.07) is 7.97. The summed E-state index contributed by atoms with van der Waals surface area (Å²) in [6.45, 7) is 4.08. The molecule has 0 bridgehead atoms. The van der Waals surface area contributed by atoms with Gasteiger partial charge in [-0.25, -0.2) is 10.8 Å². The number of benzene rings is 1. The number of hydrogen-bond acceptors (Lipinski definition) is 5. The maximum atomic E-state index is 5.92. The molecule has 0 fully saturated rings. The van der Waals surface area contributed by atoms with Gasteiger partial charge >= 0.3 is 0 Å². The van der Waals surface area contributed by atoms with Gasteiger partial charge in [-0.3, -0.25) is 5.43 Å². The highest BCUT2D eigenvalue weighted by Crippen LogP contribution is 2.27. The third kappa shape index (κ3) is 3.00. The van der Waals surface area contributed by atoms with Crippen LogP contribution < -0.4 is 16.2 Å². The molecular weight excluding hydrogens is 274 g/mol. The van der Waals surface area contributed by atoms with Gasteiger partial charge in [-0.15, -0.1) is 0 Å². The van der Waals surface area contributed by atoms with E-state index in [9.17, 15) is 0 Å². The number of nitrogens with one attached hydrogen (secondary N) is 1. The molecule has 0 spiro atoms. The largest absolute Gasteiger partial charge is 0.353 e. The number of aromatic nitrogens is 2. The van der Waals surface area contributed by atoms with Crippen LogP contribution in [0.2, 0.25) is 5.02 Å². The number of halogens is 1. The Hall–Kier alpha value is -1.85. The molecule has 1 unspecified atom stereocenters. The standard InChI is InChI=1S/C14H18ClN5/c1-9-8-17-14(19-16)18-13(9)20(3)10(2)11-4-6-12(15)7-5-11/h4-8,10H,16H2,1-3H3,(H,17,18,19). The van der Waals surface area contributed by atoms with Gasteiger partial charge in [-0.2, -0.15) is 4.98 Å². The number of nitrogens with zero attached hydrogens (tertiary/aromatic N) is 3. The fourth-order valence-electron chi connectivity index (χ4n) is 2.01. The molecule has 2 aromatic rings. The Kier molecular flexibility index (Phi) is 4.42. The molecule has 6 heteroatoms. The van der Waals surface area contributed by atoms with E-state index >= 15 is 0 Å². The molecule has 2 rings (SSSR count). The molecule has 1 atom stereocenters. The highest BCUT2D eigenvalue weighted by atomic mass is 35.5. The van der Waals surface area contributed by atoms with E-state index in [0.29, 0.717) is 5.95 Å². The number of nitrogen functional groups attached to an aromatic ring is 1. The average molecular weight is 292 g/mol. The van der Waals surface area contributed by atoms with Gasteiger partial charge < -0.3 is 4.90 Å². The monoisotopic (exact) mass is 291 g/mol. The molecule has 0 aliphatic rings. The third-order valence-electron chi connectivity index (χ3n) is 3.34. The van der Waals surface area contributed by atoms with Crippen LogP contribution in [-0.4, -0.2) is 17.0 Å². The Balaban J connectivity index is 2.30. The Morgan fingerprint density at radius 3 is 2.55 bits per heavy atom. The molecule has 0 radical (unpaired) electrons. The summed E-state index contributed by atoms with van der Waals surface area (Å²) >= 11 is 5.92. The van der Waals surface area contributed by atoms with Gasteiger partial charge in [-0.1, -0.05) is 23.7 Å². The highest BCUT2D eigenvalue weighted by molar-refractivity contribution is 6.30. The Morgan fingerprint density at radius 1 is 1.30 bits per heavy atom. The van der Waals surface area contributed by atoms with Crippen molar-refractivity contribution in [2.24, 2.45) is 5.84 Å². The summed E-state index contributed by atoms with van der Waals surface area (Å²) in [5, 5.41) is 0.733. The lowest BCUT2D eigenvalue weighted by atomic mass is 10.1. The van der Waals surface area contributed by atoms with Gasteiger partial charge in [0.15, 0.2) is 0 Å². The van der Waals surface area contributed by atoms with Crippen molar-refractivity contribution in [3.05, 3.63) is 46.6 Å². The second-order valence-corrected chi connectivity index (χ2v) is 5.12. The van der Waals surface area contributed by atoms with Crippen molar-refractivity contribution in [1.82, 2.24) is 9.97 Å². The minimum Gasteiger partial charge on any atom is -0.353 e. The van der Waals surface area contributed by atoms with E-state index in [-0.39, 0.29) is 6.04 Å². The molecule has 1 heterocycles. The third-order valence-corrected chi connectivity index (χ3v) is 3.59. The van der Waals surface area contributed by atoms with Crippen LogP contribution in [0.5, 0.6) is 0 Å². The lowest BCUT2D eigenvalue weighted by molar-refractivity contribution is 0.724. The molecule has 0 amide bonds. The summed E-state index contributed by atoms with van der Waals surface area (Å²) in [5.74, 6) is 6.61. The fraction of sp³-hybridized carbons (Fsp3) is 0.286. The van der Waals surface area contributed by atoms with Crippen LogP contribution in [0.3, 0.4) is 0 Å². The van der Waals surface area contributed by atoms with Crippen LogP contribution in [0.15, 0.2) is 30.5 Å². The molecule has 5 nitrogen and oxygen atoms in total. The predicted octanol–water partition coefficient (Wildman–Crippen LogP) is 2.92. The van der Waals surface area contributed by atoms with Crippen LogP contribution in [0, 0.1) is 6.92 Å². The number of nitrogens with two attached hydrogens (primary N) is 1. The van der Waals surface area contributed by atoms with Crippen molar-refractivity contribution in [1.29, 1.82) is 0 Å². The van der Waals surface area contributed by atoms with E-state index in [0.717, 1.165) is 22.0 Å². The van der Waals surface area contributed by atoms with E-state index in [4.69, 9.17) is 17.4 Å². The van der Waals surface area contributed by atoms with Crippen molar-refractivity contribution in [2.45, 2.75) is 19.9 Å². The second-order valence-electron chi connectivity index (χ2n) is 4.68. The second kappa shape index (κ2) is 6.07. The molecular formula is C14H18ClN5. The Bertz CT molecular complexity index is 585. The quantitative estimate of drug-likeness (QED) is 0.670. The number of hydrogen-bond donors (Lipinski definition) is 2. The molecule has 0 aliphatic carbocycles. The first kappa shape index (κ1) is 14.6. The van der Waals surface area contributed by atoms with Crippen LogP contribution in [0.1, 0.15) is 24.1 Å². The van der Waals surface area contributed by atoms with Crippen molar-refractivity contribution >= 4 is 23.4 Å². The van der Waals surface area contributed by atoms with Crippen molar-refractivity contribution < 1.29 is 0 Å². The molecule has 1 aromatic heterocycles. The average Bonchev–Trinajstić information content (AvgIpc) is 2.47. The number of rotatable bonds is 4. The van der Waals surface area contributed by atoms with Crippen molar-refractivity contribution in [2.75, 3.05) is 17.4 Å². The summed E-state index contributed by atoms with van der Waals surface area (Å²) in [4.78, 5) is 10.6. The number of anilines is 2. The summed E-state index contributed by atoms with van der Waals surface area (Å²) in [5.41, 5.74) is 4.63. The molecule has 0 aliphatic heterocycles. The minimum atomic E-state index is 0.159. The predicted molar refractivity (Wildman–Crippen MR) is 82.8 cm³/mol. The minimum absolute atomic E-state index is 0.159. The van der Waals surface area contributed by atoms with Crippen LogP contribution in [-0.2, 0) is 0 Å². The van der Waals surface area contributed by atoms with E-state index in [1.165, 1.54) is 0 Å². The smallest absolute Gasteiger partial charge is 0.239 e. The number of hydrazine groups is 1. The van der Waals surface area contributed by atoms with E-state index in [2.05, 4.69) is 27.2 Å². The summed E-state index contributed by atoms with van der Waals surface area (Å²) in [7, 11) is 1.99. The Labute approximate surface area is 123 Å². The summed E-state index contributed by atoms with van der Waals surface area (Å²) in [6.07, 6.45) is 1.75. The van der Waals surface area contributed by atoms with Crippen LogP contribution in [0.25, 0.3) is 0 Å². The molecule has 0 saturated heterocycles. The molecule has 106 valence electrons. The van der Waals surface area contributed by atoms with Gasteiger partial charge in [0.1, 0.15) is 5.82 Å². The van der Waals surface area contributed by atoms with Crippen molar-refractivity contribution in [3.63, 3.8) is 0 Å². The van der Waals surface area contributed by atoms with Gasteiger partial charge in [0.25, 0.3) is 0 Å². The van der Waals surface area contributed by atoms with Gasteiger partial charge in [0.05, 0.1) is 6.04 Å². The fourth-order valence-corrected chi connectivity index (χ4v) is 2.13. The first-order chi connectivity index (χ1) is 9.52. The first-order valence-corrected chi connectivity index (χ1v) is 6.69. The van der Waals surface area contributed by atoms with Crippen LogP contribution in [0.4, 0.5) is 11.8 Å². The molecule has 20 heavy (non-hydrogen) atoms. The van der Waals surface area contributed by atoms with Gasteiger partial charge in [0.2, 0.25) is 5.95 Å². The summed E-state index contributed by atoms with van der Waals surface area (Å²) < 4.78 is 0. The lowest BCUT2D eigenvalue weighted by Gasteiger charge is -2.27. The van der Waals surface area contributed by atoms with E-state index < -0.39 is 0 Å². The molecule has 1 aromatic carbocycles. The van der Waals surface area contributed by atoms with Crippen LogP contribution >= 0.6 is 11.6 Å². The van der Waals surface area contributed by atoms with Gasteiger partial charge in [0, 0.05) is 23.8 Å².